The zero-order valence-corrected chi connectivity index (χ0v) is 7.98. The molecule has 0 spiro atoms. The van der Waals surface area contributed by atoms with E-state index >= 15 is 0 Å². The van der Waals surface area contributed by atoms with Crippen molar-refractivity contribution in [3.05, 3.63) is 0 Å². The van der Waals surface area contributed by atoms with E-state index in [2.05, 4.69) is 24.5 Å². The lowest BCUT2D eigenvalue weighted by Gasteiger charge is -2.38. The number of carbonyl (C=O) groups excluding carboxylic acids is 1. The molecule has 0 radical (unpaired) electrons. The van der Waals surface area contributed by atoms with Gasteiger partial charge in [0.15, 0.2) is 0 Å². The molecule has 0 atom stereocenters. The average molecular weight is 171 g/mol. The van der Waals surface area contributed by atoms with Gasteiger partial charge in [0.05, 0.1) is 0 Å². The summed E-state index contributed by atoms with van der Waals surface area (Å²) in [7, 11) is 1.66. The Labute approximate surface area is 73.3 Å². The molecule has 0 aromatic heterocycles. The normalized spacial score (nSPS) is 22.1. The zero-order chi connectivity index (χ0) is 9.19. The molecule has 0 aliphatic carbocycles. The Morgan fingerprint density at radius 2 is 2.25 bits per heavy atom. The van der Waals surface area contributed by atoms with Gasteiger partial charge in [0, 0.05) is 32.2 Å². The Kier molecular flexibility index (Phi) is 2.57. The third-order valence-electron chi connectivity index (χ3n) is 2.07. The lowest BCUT2D eigenvalue weighted by molar-refractivity contribution is 0.156. The molecule has 1 aliphatic rings. The summed E-state index contributed by atoms with van der Waals surface area (Å²) in [5.74, 6) is 0. The molecule has 4 nitrogen and oxygen atoms in total. The molecule has 2 amide bonds. The number of amides is 2. The Morgan fingerprint density at radius 1 is 1.58 bits per heavy atom. The first-order valence-electron chi connectivity index (χ1n) is 4.27. The van der Waals surface area contributed by atoms with Crippen molar-refractivity contribution in [2.75, 3.05) is 26.7 Å². The van der Waals surface area contributed by atoms with Crippen LogP contribution >= 0.6 is 0 Å². The third kappa shape index (κ3) is 2.11. The summed E-state index contributed by atoms with van der Waals surface area (Å²) in [6, 6.07) is 0.0181. The molecule has 1 rings (SSSR count). The molecule has 0 aromatic rings. The zero-order valence-electron chi connectivity index (χ0n) is 7.98. The van der Waals surface area contributed by atoms with E-state index in [4.69, 9.17) is 0 Å². The predicted octanol–water partition coefficient (Wildman–Crippen LogP) is 0.00960. The van der Waals surface area contributed by atoms with Gasteiger partial charge in [0.2, 0.25) is 0 Å². The molecule has 1 aliphatic heterocycles. The molecular formula is C8H17N3O. The predicted molar refractivity (Wildman–Crippen MR) is 48.1 cm³/mol. The minimum atomic E-state index is 0.0181. The van der Waals surface area contributed by atoms with E-state index in [1.165, 1.54) is 0 Å². The first-order valence-corrected chi connectivity index (χ1v) is 4.27. The van der Waals surface area contributed by atoms with Gasteiger partial charge in [-0.1, -0.05) is 0 Å². The summed E-state index contributed by atoms with van der Waals surface area (Å²) in [5, 5.41) is 5.98. The van der Waals surface area contributed by atoms with Crippen LogP contribution in [0.25, 0.3) is 0 Å². The highest BCUT2D eigenvalue weighted by molar-refractivity contribution is 5.74. The summed E-state index contributed by atoms with van der Waals surface area (Å²) in [6.07, 6.45) is 0. The van der Waals surface area contributed by atoms with Gasteiger partial charge in [-0.3, -0.25) is 0 Å². The molecule has 1 heterocycles. The van der Waals surface area contributed by atoms with E-state index in [0.717, 1.165) is 19.6 Å². The fourth-order valence-electron chi connectivity index (χ4n) is 1.47. The van der Waals surface area contributed by atoms with Crippen LogP contribution in [-0.4, -0.2) is 43.2 Å². The SMILES string of the molecule is CNC(=O)N1CCNC(C)(C)C1. The number of rotatable bonds is 0. The van der Waals surface area contributed by atoms with Gasteiger partial charge in [-0.05, 0) is 13.8 Å². The monoisotopic (exact) mass is 171 g/mol. The first kappa shape index (κ1) is 9.32. The highest BCUT2D eigenvalue weighted by Gasteiger charge is 2.27. The number of nitrogens with zero attached hydrogens (tertiary/aromatic N) is 1. The van der Waals surface area contributed by atoms with Crippen LogP contribution in [0.1, 0.15) is 13.8 Å². The van der Waals surface area contributed by atoms with Crippen LogP contribution in [0.3, 0.4) is 0 Å². The van der Waals surface area contributed by atoms with Crippen molar-refractivity contribution in [3.63, 3.8) is 0 Å². The fraction of sp³-hybridized carbons (Fsp3) is 0.875. The number of nitrogens with one attached hydrogen (secondary N) is 2. The van der Waals surface area contributed by atoms with Crippen LogP contribution in [0.2, 0.25) is 0 Å². The summed E-state index contributed by atoms with van der Waals surface area (Å²) in [5.41, 5.74) is 0.0464. The number of piperazine rings is 1. The Balaban J connectivity index is 2.52. The van der Waals surface area contributed by atoms with E-state index in [9.17, 15) is 4.79 Å². The van der Waals surface area contributed by atoms with Crippen LogP contribution in [-0.2, 0) is 0 Å². The number of carbonyl (C=O) groups is 1. The van der Waals surface area contributed by atoms with Crippen LogP contribution in [0, 0.1) is 0 Å². The van der Waals surface area contributed by atoms with Gasteiger partial charge in [-0.15, -0.1) is 0 Å². The van der Waals surface area contributed by atoms with Gasteiger partial charge in [0.25, 0.3) is 0 Å². The molecule has 12 heavy (non-hydrogen) atoms. The van der Waals surface area contributed by atoms with Gasteiger partial charge < -0.3 is 15.5 Å². The fourth-order valence-corrected chi connectivity index (χ4v) is 1.47. The maximum Gasteiger partial charge on any atom is 0.317 e. The van der Waals surface area contributed by atoms with Gasteiger partial charge in [0.1, 0.15) is 0 Å². The van der Waals surface area contributed by atoms with Gasteiger partial charge in [-0.2, -0.15) is 0 Å². The van der Waals surface area contributed by atoms with E-state index in [1.54, 1.807) is 7.05 Å². The molecule has 1 fully saturated rings. The van der Waals surface area contributed by atoms with Crippen molar-refractivity contribution in [2.24, 2.45) is 0 Å². The Bertz CT molecular complexity index is 179. The second-order valence-corrected chi connectivity index (χ2v) is 3.79. The van der Waals surface area contributed by atoms with Crippen LogP contribution in [0.5, 0.6) is 0 Å². The van der Waals surface area contributed by atoms with E-state index in [0.29, 0.717) is 0 Å². The molecule has 4 heteroatoms. The molecular weight excluding hydrogens is 154 g/mol. The molecule has 0 unspecified atom stereocenters. The van der Waals surface area contributed by atoms with Gasteiger partial charge >= 0.3 is 6.03 Å². The second kappa shape index (κ2) is 3.31. The number of hydrogen-bond donors (Lipinski definition) is 2. The summed E-state index contributed by atoms with van der Waals surface area (Å²) in [4.78, 5) is 13.1. The third-order valence-corrected chi connectivity index (χ3v) is 2.07. The quantitative estimate of drug-likeness (QED) is 0.539. The smallest absolute Gasteiger partial charge is 0.317 e. The van der Waals surface area contributed by atoms with Crippen LogP contribution in [0.4, 0.5) is 4.79 Å². The van der Waals surface area contributed by atoms with E-state index < -0.39 is 0 Å². The van der Waals surface area contributed by atoms with Crippen molar-refractivity contribution in [1.82, 2.24) is 15.5 Å². The maximum absolute atomic E-state index is 11.2. The summed E-state index contributed by atoms with van der Waals surface area (Å²) >= 11 is 0. The van der Waals surface area contributed by atoms with E-state index in [1.807, 2.05) is 4.90 Å². The largest absolute Gasteiger partial charge is 0.341 e. The van der Waals surface area contributed by atoms with Gasteiger partial charge in [-0.25, -0.2) is 4.79 Å². The topological polar surface area (TPSA) is 44.4 Å². The maximum atomic E-state index is 11.2. The van der Waals surface area contributed by atoms with E-state index in [-0.39, 0.29) is 11.6 Å². The van der Waals surface area contributed by atoms with Crippen molar-refractivity contribution in [1.29, 1.82) is 0 Å². The minimum Gasteiger partial charge on any atom is -0.341 e. The molecule has 1 saturated heterocycles. The molecule has 0 saturated carbocycles. The lowest BCUT2D eigenvalue weighted by Crippen LogP contribution is -2.59. The lowest BCUT2D eigenvalue weighted by atomic mass is 10.0. The standard InChI is InChI=1S/C8H17N3O/c1-8(2)6-11(5-4-10-8)7(12)9-3/h10H,4-6H2,1-3H3,(H,9,12). The van der Waals surface area contributed by atoms with Crippen LogP contribution in [0.15, 0.2) is 0 Å². The van der Waals surface area contributed by atoms with Crippen molar-refractivity contribution >= 4 is 6.03 Å². The molecule has 70 valence electrons. The summed E-state index contributed by atoms with van der Waals surface area (Å²) < 4.78 is 0. The highest BCUT2D eigenvalue weighted by atomic mass is 16.2. The number of urea groups is 1. The number of hydrogen-bond acceptors (Lipinski definition) is 2. The molecule has 0 bridgehead atoms. The average Bonchev–Trinajstić information content (AvgIpc) is 2.01. The second-order valence-electron chi connectivity index (χ2n) is 3.79. The van der Waals surface area contributed by atoms with Crippen molar-refractivity contribution < 1.29 is 4.79 Å². The van der Waals surface area contributed by atoms with Crippen molar-refractivity contribution in [2.45, 2.75) is 19.4 Å². The molecule has 0 aromatic carbocycles. The highest BCUT2D eigenvalue weighted by Crippen LogP contribution is 2.09. The van der Waals surface area contributed by atoms with Crippen LogP contribution < -0.4 is 10.6 Å². The summed E-state index contributed by atoms with van der Waals surface area (Å²) in [6.45, 7) is 6.64. The Hall–Kier alpha value is -0.770. The Morgan fingerprint density at radius 3 is 2.75 bits per heavy atom. The molecule has 2 N–H and O–H groups in total. The first-order chi connectivity index (χ1) is 5.55. The minimum absolute atomic E-state index is 0.0181. The van der Waals surface area contributed by atoms with Crippen molar-refractivity contribution in [3.8, 4) is 0 Å².